The maximum Gasteiger partial charge on any atom is 0.159 e. The Bertz CT molecular complexity index is 4120. The van der Waals surface area contributed by atoms with Crippen LogP contribution >= 0.6 is 0 Å². The van der Waals surface area contributed by atoms with Crippen LogP contribution in [0.15, 0.2) is 233 Å². The fraction of sp³-hybridized carbons (Fsp3) is 0.0448. The summed E-state index contributed by atoms with van der Waals surface area (Å²) in [7, 11) is 0. The fourth-order valence-electron chi connectivity index (χ4n) is 11.4. The molecule has 0 fully saturated rings. The van der Waals surface area contributed by atoms with Gasteiger partial charge in [0.2, 0.25) is 0 Å². The summed E-state index contributed by atoms with van der Waals surface area (Å²) in [5, 5.41) is 11.5. The SMILES string of the molecule is Cc1cc2ccc3c(N(c4ccc(-c5ccccc5)cc4C)c4cccc5c4oc4ccccc45)cc(N(c4ccc(-c5ccccc5)cc4C)c4cccc5c4oc4ccccc45)c4ccc(c1)c2c34. The predicted octanol–water partition coefficient (Wildman–Crippen LogP) is 19.6. The molecule has 4 heteroatoms. The smallest absolute Gasteiger partial charge is 0.159 e. The van der Waals surface area contributed by atoms with Crippen molar-refractivity contribution in [3.8, 4) is 22.3 Å². The minimum absolute atomic E-state index is 0.833. The van der Waals surface area contributed by atoms with E-state index in [1.165, 1.54) is 49.4 Å². The molecule has 12 aromatic carbocycles. The van der Waals surface area contributed by atoms with Crippen molar-refractivity contribution in [3.05, 3.63) is 241 Å². The number of aryl methyl sites for hydroxylation is 3. The normalized spacial score (nSPS) is 11.9. The maximum atomic E-state index is 6.97. The molecule has 2 heterocycles. The monoisotopic (exact) mass is 910 g/mol. The molecule has 0 saturated carbocycles. The minimum Gasteiger partial charge on any atom is -0.454 e. The molecule has 0 N–H and O–H groups in total. The predicted molar refractivity (Wildman–Crippen MR) is 299 cm³/mol. The van der Waals surface area contributed by atoms with E-state index in [9.17, 15) is 0 Å². The summed E-state index contributed by atoms with van der Waals surface area (Å²) in [5.74, 6) is 0. The average Bonchev–Trinajstić information content (AvgIpc) is 3.99. The van der Waals surface area contributed by atoms with Crippen LogP contribution in [-0.4, -0.2) is 0 Å². The van der Waals surface area contributed by atoms with E-state index >= 15 is 0 Å². The Morgan fingerprint density at radius 1 is 0.282 bits per heavy atom. The number of hydrogen-bond donors (Lipinski definition) is 0. The molecule has 0 aliphatic heterocycles. The molecule has 14 aromatic rings. The third-order valence-electron chi connectivity index (χ3n) is 14.6. The molecule has 0 saturated heterocycles. The van der Waals surface area contributed by atoms with Gasteiger partial charge in [0.1, 0.15) is 11.2 Å². The number of rotatable bonds is 8. The van der Waals surface area contributed by atoms with E-state index in [1.807, 2.05) is 0 Å². The summed E-state index contributed by atoms with van der Waals surface area (Å²) in [6, 6.07) is 81.3. The van der Waals surface area contributed by atoms with Gasteiger partial charge in [0.15, 0.2) is 11.2 Å². The van der Waals surface area contributed by atoms with Crippen LogP contribution in [-0.2, 0) is 0 Å². The van der Waals surface area contributed by atoms with E-state index < -0.39 is 0 Å². The van der Waals surface area contributed by atoms with Crippen molar-refractivity contribution in [2.45, 2.75) is 20.8 Å². The van der Waals surface area contributed by atoms with E-state index in [2.05, 4.69) is 255 Å². The third kappa shape index (κ3) is 6.45. The molecule has 0 radical (unpaired) electrons. The van der Waals surface area contributed by atoms with Crippen molar-refractivity contribution in [3.63, 3.8) is 0 Å². The van der Waals surface area contributed by atoms with Gasteiger partial charge in [-0.15, -0.1) is 0 Å². The molecular formula is C67H46N2O2. The highest BCUT2D eigenvalue weighted by molar-refractivity contribution is 6.29. The molecule has 0 atom stereocenters. The topological polar surface area (TPSA) is 32.8 Å². The molecular weight excluding hydrogens is 865 g/mol. The Hall–Kier alpha value is -9.12. The maximum absolute atomic E-state index is 6.97. The van der Waals surface area contributed by atoms with Crippen molar-refractivity contribution >= 4 is 110 Å². The molecule has 0 bridgehead atoms. The fourth-order valence-corrected chi connectivity index (χ4v) is 11.4. The van der Waals surface area contributed by atoms with Crippen LogP contribution in [0.1, 0.15) is 16.7 Å². The highest BCUT2D eigenvalue weighted by Gasteiger charge is 2.29. The first-order chi connectivity index (χ1) is 34.9. The molecule has 14 rings (SSSR count). The van der Waals surface area contributed by atoms with Crippen molar-refractivity contribution in [2.24, 2.45) is 0 Å². The van der Waals surface area contributed by atoms with Gasteiger partial charge >= 0.3 is 0 Å². The number of anilines is 6. The Labute approximate surface area is 411 Å². The van der Waals surface area contributed by atoms with Gasteiger partial charge < -0.3 is 18.6 Å². The largest absolute Gasteiger partial charge is 0.454 e. The van der Waals surface area contributed by atoms with Crippen LogP contribution in [0.25, 0.3) is 98.4 Å². The van der Waals surface area contributed by atoms with Crippen molar-refractivity contribution < 1.29 is 8.83 Å². The van der Waals surface area contributed by atoms with Gasteiger partial charge in [0, 0.05) is 49.1 Å². The van der Waals surface area contributed by atoms with Crippen molar-refractivity contribution in [1.29, 1.82) is 0 Å². The number of furan rings is 2. The highest BCUT2D eigenvalue weighted by atomic mass is 16.3. The van der Waals surface area contributed by atoms with E-state index in [0.29, 0.717) is 0 Å². The minimum atomic E-state index is 0.833. The van der Waals surface area contributed by atoms with Crippen LogP contribution in [0.2, 0.25) is 0 Å². The summed E-state index contributed by atoms with van der Waals surface area (Å²) < 4.78 is 13.9. The van der Waals surface area contributed by atoms with Gasteiger partial charge in [-0.05, 0) is 130 Å². The molecule has 336 valence electrons. The van der Waals surface area contributed by atoms with E-state index in [0.717, 1.165) is 99.9 Å². The summed E-state index contributed by atoms with van der Waals surface area (Å²) >= 11 is 0. The summed E-state index contributed by atoms with van der Waals surface area (Å²) in [6.45, 7) is 6.67. The van der Waals surface area contributed by atoms with Crippen LogP contribution in [0.5, 0.6) is 0 Å². The molecule has 0 spiro atoms. The zero-order chi connectivity index (χ0) is 47.3. The molecule has 71 heavy (non-hydrogen) atoms. The van der Waals surface area contributed by atoms with Gasteiger partial charge in [-0.3, -0.25) is 0 Å². The molecule has 2 aromatic heterocycles. The second-order valence-electron chi connectivity index (χ2n) is 19.0. The molecule has 0 aliphatic rings. The van der Waals surface area contributed by atoms with Crippen LogP contribution < -0.4 is 9.80 Å². The van der Waals surface area contributed by atoms with Gasteiger partial charge in [-0.25, -0.2) is 0 Å². The first-order valence-corrected chi connectivity index (χ1v) is 24.4. The molecule has 0 aliphatic carbocycles. The van der Waals surface area contributed by atoms with E-state index in [4.69, 9.17) is 8.83 Å². The van der Waals surface area contributed by atoms with Gasteiger partial charge in [0.05, 0.1) is 22.7 Å². The third-order valence-corrected chi connectivity index (χ3v) is 14.6. The number of hydrogen-bond acceptors (Lipinski definition) is 4. The Morgan fingerprint density at radius 2 is 0.718 bits per heavy atom. The summed E-state index contributed by atoms with van der Waals surface area (Å²) in [6.07, 6.45) is 0. The number of fused-ring (bicyclic) bond motifs is 6. The lowest BCUT2D eigenvalue weighted by molar-refractivity contribution is 0.669. The molecule has 4 nitrogen and oxygen atoms in total. The van der Waals surface area contributed by atoms with Crippen molar-refractivity contribution in [2.75, 3.05) is 9.80 Å². The van der Waals surface area contributed by atoms with Crippen molar-refractivity contribution in [1.82, 2.24) is 0 Å². The Balaban J connectivity index is 1.13. The quantitative estimate of drug-likeness (QED) is 0.142. The van der Waals surface area contributed by atoms with E-state index in [-0.39, 0.29) is 0 Å². The number of benzene rings is 12. The Kier molecular flexibility index (Phi) is 9.21. The number of para-hydroxylation sites is 4. The molecule has 0 amide bonds. The van der Waals surface area contributed by atoms with Gasteiger partial charge in [0.25, 0.3) is 0 Å². The molecule has 0 unspecified atom stereocenters. The van der Waals surface area contributed by atoms with Gasteiger partial charge in [-0.1, -0.05) is 170 Å². The average molecular weight is 911 g/mol. The van der Waals surface area contributed by atoms with E-state index in [1.54, 1.807) is 0 Å². The lowest BCUT2D eigenvalue weighted by Gasteiger charge is -2.33. The lowest BCUT2D eigenvalue weighted by atomic mass is 9.90. The Morgan fingerprint density at radius 3 is 1.18 bits per heavy atom. The second kappa shape index (κ2) is 16.0. The van der Waals surface area contributed by atoms with Crippen LogP contribution in [0, 0.1) is 20.8 Å². The zero-order valence-electron chi connectivity index (χ0n) is 39.6. The first kappa shape index (κ1) is 40.9. The van der Waals surface area contributed by atoms with Crippen LogP contribution in [0.4, 0.5) is 34.1 Å². The zero-order valence-corrected chi connectivity index (χ0v) is 39.6. The lowest BCUT2D eigenvalue weighted by Crippen LogP contribution is -2.16. The van der Waals surface area contributed by atoms with Gasteiger partial charge in [-0.2, -0.15) is 0 Å². The first-order valence-electron chi connectivity index (χ1n) is 24.4. The van der Waals surface area contributed by atoms with Crippen LogP contribution in [0.3, 0.4) is 0 Å². The standard InChI is InChI=1S/C67H46N2O2/c1-41-36-48-28-32-54-60(68(56-34-30-46(38-42(56)2)44-16-6-4-7-17-44)58-24-14-22-52-50-20-10-12-26-62(50)70-66(52)58)40-61(55-33-29-49(37-41)64(48)65(54)55)69(57-35-31-47(39-43(57)3)45-18-8-5-9-19-45)59-25-15-23-53-51-21-11-13-27-63(51)71-67(53)59/h4-40H,1-3H3. The summed E-state index contributed by atoms with van der Waals surface area (Å²) in [5.41, 5.74) is 17.7. The highest BCUT2D eigenvalue weighted by Crippen LogP contribution is 2.54. The second-order valence-corrected chi connectivity index (χ2v) is 19.0. The number of nitrogens with zero attached hydrogens (tertiary/aromatic N) is 2. The summed E-state index contributed by atoms with van der Waals surface area (Å²) in [4.78, 5) is 4.92.